The summed E-state index contributed by atoms with van der Waals surface area (Å²) in [6.45, 7) is 7.63. The highest BCUT2D eigenvalue weighted by molar-refractivity contribution is 7.06. The van der Waals surface area contributed by atoms with Gasteiger partial charge in [0.2, 0.25) is 0 Å². The summed E-state index contributed by atoms with van der Waals surface area (Å²) in [6, 6.07) is 0. The summed E-state index contributed by atoms with van der Waals surface area (Å²) in [6.07, 6.45) is 0.193. The Morgan fingerprint density at radius 1 is 0.733 bits per heavy atom. The van der Waals surface area contributed by atoms with E-state index in [1.54, 1.807) is 13.8 Å². The van der Waals surface area contributed by atoms with Crippen LogP contribution in [-0.4, -0.2) is 6.15 Å². The van der Waals surface area contributed by atoms with E-state index in [9.17, 15) is 0 Å². The molecule has 0 N–H and O–H groups in total. The van der Waals surface area contributed by atoms with E-state index in [0.29, 0.717) is 0 Å². The van der Waals surface area contributed by atoms with Gasteiger partial charge < -0.3 is 0 Å². The summed E-state index contributed by atoms with van der Waals surface area (Å²) in [5.74, 6) is 24.2. The minimum Gasteiger partial charge on any atom is -0.270 e. The minimum absolute atomic E-state index is 0.814. The van der Waals surface area contributed by atoms with Crippen LogP contribution in [0.15, 0.2) is 0 Å². The van der Waals surface area contributed by atoms with Crippen LogP contribution < -0.4 is 0 Å². The van der Waals surface area contributed by atoms with Crippen molar-refractivity contribution in [3.8, 4) is 47.0 Å². The minimum atomic E-state index is -1.43. The lowest BCUT2D eigenvalue weighted by molar-refractivity contribution is 1.28. The molecule has 0 saturated heterocycles. The fraction of sp³-hybridized carbons (Fsp3) is 0.429. The van der Waals surface area contributed by atoms with Crippen molar-refractivity contribution in [1.29, 1.82) is 0 Å². The molecule has 0 aliphatic heterocycles. The lowest BCUT2D eigenvalue weighted by Gasteiger charge is -2.15. The molecule has 0 nitrogen and oxygen atoms in total. The Balaban J connectivity index is 5.39. The molecule has 0 aliphatic rings. The average Bonchev–Trinajstić information content (AvgIpc) is 2.24. The van der Waals surface area contributed by atoms with Crippen LogP contribution in [0.1, 0.15) is 40.5 Å². The first-order chi connectivity index (χ1) is 7.24. The Morgan fingerprint density at radius 2 is 1.13 bits per heavy atom. The van der Waals surface area contributed by atoms with Gasteiger partial charge in [-0.3, -0.25) is 23.3 Å². The molecular formula is C14H16B-. The highest BCUT2D eigenvalue weighted by Gasteiger charge is 2.11. The quantitative estimate of drug-likeness (QED) is 0.411. The van der Waals surface area contributed by atoms with Gasteiger partial charge in [0, 0.05) is 12.8 Å². The lowest BCUT2D eigenvalue weighted by Crippen LogP contribution is -2.28. The van der Waals surface area contributed by atoms with Crippen LogP contribution in [0.4, 0.5) is 0 Å². The van der Waals surface area contributed by atoms with Gasteiger partial charge in [-0.05, 0) is 13.8 Å². The molecule has 0 heterocycles. The monoisotopic (exact) mass is 195 g/mol. The summed E-state index contributed by atoms with van der Waals surface area (Å²) < 4.78 is 0. The first kappa shape index (κ1) is 13.3. The maximum absolute atomic E-state index is 3.11. The number of hydrogen-bond donors (Lipinski definition) is 0. The predicted octanol–water partition coefficient (Wildman–Crippen LogP) is 2.47. The second-order valence-corrected chi connectivity index (χ2v) is 3.00. The number of rotatable bonds is 0. The van der Waals surface area contributed by atoms with Crippen molar-refractivity contribution in [1.82, 2.24) is 0 Å². The third-order valence-corrected chi connectivity index (χ3v) is 1.71. The van der Waals surface area contributed by atoms with Gasteiger partial charge in [0.15, 0.2) is 0 Å². The van der Waals surface area contributed by atoms with Crippen molar-refractivity contribution in [3.63, 3.8) is 0 Å². The molecular weight excluding hydrogens is 179 g/mol. The Bertz CT molecular complexity index is 383. The predicted molar refractivity (Wildman–Crippen MR) is 68.8 cm³/mol. The highest BCUT2D eigenvalue weighted by atomic mass is 13.7. The molecule has 0 aromatic heterocycles. The fourth-order valence-corrected chi connectivity index (χ4v) is 1.16. The zero-order valence-electron chi connectivity index (χ0n) is 9.99. The second kappa shape index (κ2) is 7.68. The van der Waals surface area contributed by atoms with Crippen LogP contribution in [0.5, 0.6) is 0 Å². The first-order valence-corrected chi connectivity index (χ1v) is 5.28. The van der Waals surface area contributed by atoms with Crippen molar-refractivity contribution in [2.75, 3.05) is 0 Å². The van der Waals surface area contributed by atoms with E-state index < -0.39 is 6.15 Å². The van der Waals surface area contributed by atoms with Crippen LogP contribution in [-0.2, 0) is 0 Å². The third-order valence-electron chi connectivity index (χ3n) is 1.71. The van der Waals surface area contributed by atoms with Gasteiger partial charge in [-0.2, -0.15) is 11.8 Å². The molecule has 0 rings (SSSR count). The van der Waals surface area contributed by atoms with E-state index >= 15 is 0 Å². The Hall–Kier alpha value is -1.70. The van der Waals surface area contributed by atoms with Gasteiger partial charge in [0.25, 0.3) is 6.15 Å². The van der Waals surface area contributed by atoms with Gasteiger partial charge in [0.1, 0.15) is 0 Å². The molecule has 0 amide bonds. The smallest absolute Gasteiger partial charge is 0.270 e. The van der Waals surface area contributed by atoms with Crippen molar-refractivity contribution in [3.05, 3.63) is 0 Å². The summed E-state index contributed by atoms with van der Waals surface area (Å²) in [5.41, 5.74) is 0. The third kappa shape index (κ3) is 4.92. The molecule has 0 unspecified atom stereocenters. The molecule has 0 aliphatic carbocycles. The standard InChI is InChI=1S/C14H16B/c1-5-9-13-15(11-7-3,12-8-4)14-10-6-2/h5-6H2,1-4H3/q-1. The summed E-state index contributed by atoms with van der Waals surface area (Å²) >= 11 is 0. The van der Waals surface area contributed by atoms with Crippen LogP contribution in [0.3, 0.4) is 0 Å². The van der Waals surface area contributed by atoms with Crippen molar-refractivity contribution in [2.24, 2.45) is 0 Å². The summed E-state index contributed by atoms with van der Waals surface area (Å²) in [5, 5.41) is 0. The van der Waals surface area contributed by atoms with E-state index in [1.807, 2.05) is 13.8 Å². The number of hydrogen-bond acceptors (Lipinski definition) is 0. The van der Waals surface area contributed by atoms with E-state index in [4.69, 9.17) is 0 Å². The molecule has 0 saturated carbocycles. The van der Waals surface area contributed by atoms with Gasteiger partial charge >= 0.3 is 0 Å². The maximum Gasteiger partial charge on any atom is 0.271 e. The normalized spacial score (nSPS) is 7.73. The first-order valence-electron chi connectivity index (χ1n) is 5.28. The molecule has 0 aromatic carbocycles. The molecule has 0 spiro atoms. The molecule has 0 fully saturated rings. The van der Waals surface area contributed by atoms with E-state index in [0.717, 1.165) is 12.8 Å². The van der Waals surface area contributed by atoms with Crippen molar-refractivity contribution < 1.29 is 0 Å². The van der Waals surface area contributed by atoms with Gasteiger partial charge in [0.05, 0.1) is 0 Å². The SMILES string of the molecule is CC#C[B-](C#CC)(C#CCC)C#CCC. The zero-order valence-corrected chi connectivity index (χ0v) is 9.99. The summed E-state index contributed by atoms with van der Waals surface area (Å²) in [4.78, 5) is 0. The highest BCUT2D eigenvalue weighted by Crippen LogP contribution is 1.97. The Morgan fingerprint density at radius 3 is 1.40 bits per heavy atom. The molecule has 1 heteroatoms. The van der Waals surface area contributed by atoms with Gasteiger partial charge in [-0.15, -0.1) is 11.8 Å². The summed E-state index contributed by atoms with van der Waals surface area (Å²) in [7, 11) is 0. The maximum atomic E-state index is 3.11. The van der Waals surface area contributed by atoms with E-state index in [2.05, 4.69) is 47.0 Å². The van der Waals surface area contributed by atoms with Crippen LogP contribution in [0, 0.1) is 47.0 Å². The molecule has 15 heavy (non-hydrogen) atoms. The van der Waals surface area contributed by atoms with Crippen molar-refractivity contribution in [2.45, 2.75) is 40.5 Å². The largest absolute Gasteiger partial charge is 0.271 e. The molecule has 0 aromatic rings. The van der Waals surface area contributed by atoms with Crippen LogP contribution in [0.2, 0.25) is 0 Å². The fourth-order valence-electron chi connectivity index (χ4n) is 1.16. The van der Waals surface area contributed by atoms with E-state index in [1.165, 1.54) is 0 Å². The Labute approximate surface area is 94.1 Å². The molecule has 0 radical (unpaired) electrons. The van der Waals surface area contributed by atoms with Crippen molar-refractivity contribution >= 4 is 6.15 Å². The lowest BCUT2D eigenvalue weighted by atomic mass is 9.27. The topological polar surface area (TPSA) is 0 Å². The van der Waals surface area contributed by atoms with E-state index in [-0.39, 0.29) is 0 Å². The molecule has 0 bridgehead atoms. The molecule has 76 valence electrons. The average molecular weight is 195 g/mol. The van der Waals surface area contributed by atoms with Crippen LogP contribution in [0.25, 0.3) is 0 Å². The van der Waals surface area contributed by atoms with Crippen LogP contribution >= 0.6 is 0 Å². The second-order valence-electron chi connectivity index (χ2n) is 3.00. The van der Waals surface area contributed by atoms with Gasteiger partial charge in [-0.1, -0.05) is 13.8 Å². The van der Waals surface area contributed by atoms with Gasteiger partial charge in [-0.25, -0.2) is 0 Å². The zero-order chi connectivity index (χ0) is 11.6. The molecule has 0 atom stereocenters. The Kier molecular flexibility index (Phi) is 6.82.